The van der Waals surface area contributed by atoms with Gasteiger partial charge in [0.2, 0.25) is 15.9 Å². The highest BCUT2D eigenvalue weighted by Crippen LogP contribution is 2.38. The van der Waals surface area contributed by atoms with E-state index in [1.807, 2.05) is 200 Å². The van der Waals surface area contributed by atoms with Crippen LogP contribution < -0.4 is 0 Å². The first-order valence-corrected chi connectivity index (χ1v) is 36.9. The first-order valence-electron chi connectivity index (χ1n) is 35.1. The molecule has 0 radical (unpaired) electrons. The molecule has 0 aliphatic carbocycles. The molecule has 0 amide bonds. The molecule has 0 aliphatic rings. The lowest BCUT2D eigenvalue weighted by molar-refractivity contribution is 1.23. The van der Waals surface area contributed by atoms with Gasteiger partial charge in [-0.3, -0.25) is 0 Å². The SMILES string of the molecule is Clc1nc(-c2ccc3ccccc3c2)c2c(ccc3ccccc32)n1.Clc1nc(-c2ccc3ccccc3c2)c2ccc3ccccc3c2n1.Clc1nc(-c2cccc3ccccc23)nc2ccccc12.Clc1nc(-c2ccccc2)c2ccc3ccccc3c2n1.Clc1nc(-c2ccccc2)nc2ccccc12. The highest BCUT2D eigenvalue weighted by Gasteiger charge is 2.17. The van der Waals surface area contributed by atoms with Crippen molar-refractivity contribution in [2.75, 3.05) is 0 Å². The zero-order valence-corrected chi connectivity index (χ0v) is 61.6. The average Bonchev–Trinajstić information content (AvgIpc) is 0.767. The molecule has 0 aliphatic heterocycles. The van der Waals surface area contributed by atoms with E-state index in [9.17, 15) is 0 Å². The van der Waals surface area contributed by atoms with Crippen molar-refractivity contribution < 1.29 is 0 Å². The summed E-state index contributed by atoms with van der Waals surface area (Å²) in [6, 6.07) is 116. The summed E-state index contributed by atoms with van der Waals surface area (Å²) in [5, 5.41) is 20.5. The van der Waals surface area contributed by atoms with Crippen LogP contribution in [0.15, 0.2) is 346 Å². The number of para-hydroxylation sites is 2. The highest BCUT2D eigenvalue weighted by molar-refractivity contribution is 6.35. The van der Waals surface area contributed by atoms with Gasteiger partial charge in [0, 0.05) is 65.5 Å². The molecular formula is C94H57Cl5N10. The van der Waals surface area contributed by atoms with Crippen molar-refractivity contribution in [2.24, 2.45) is 0 Å². The summed E-state index contributed by atoms with van der Waals surface area (Å²) in [7, 11) is 0. The van der Waals surface area contributed by atoms with Crippen molar-refractivity contribution in [1.29, 1.82) is 0 Å². The minimum absolute atomic E-state index is 0.269. The van der Waals surface area contributed by atoms with E-state index in [0.29, 0.717) is 22.0 Å². The molecule has 0 saturated carbocycles. The maximum atomic E-state index is 6.31. The number of fused-ring (bicyclic) bond motifs is 14. The van der Waals surface area contributed by atoms with Crippen LogP contribution in [0.5, 0.6) is 0 Å². The Kier molecular flexibility index (Phi) is 19.7. The molecule has 0 bridgehead atoms. The Morgan fingerprint density at radius 2 is 0.550 bits per heavy atom. The van der Waals surface area contributed by atoms with Crippen molar-refractivity contribution in [3.8, 4) is 56.5 Å². The minimum atomic E-state index is 0.269. The van der Waals surface area contributed by atoms with Crippen LogP contribution >= 0.6 is 58.0 Å². The van der Waals surface area contributed by atoms with Gasteiger partial charge in [-0.1, -0.05) is 314 Å². The molecule has 0 fully saturated rings. The number of hydrogen-bond acceptors (Lipinski definition) is 10. The van der Waals surface area contributed by atoms with Crippen molar-refractivity contribution in [3.05, 3.63) is 372 Å². The molecule has 16 aromatic carbocycles. The number of benzene rings is 16. The lowest BCUT2D eigenvalue weighted by atomic mass is 9.98. The van der Waals surface area contributed by atoms with Crippen LogP contribution in [0.25, 0.3) is 176 Å². The standard InChI is InChI=1S/2C22H13ClN2.2C18H11ClN2.C14H9ClN2/c23-22-24-19-12-11-15-6-3-4-8-18(15)20(19)21(25-22)17-10-9-14-5-1-2-7-16(14)13-17;23-22-24-20(17-10-9-14-5-1-2-7-16(14)13-17)19-12-11-15-6-3-4-8-18(15)21(19)25-22;19-17-15-9-3-4-11-16(15)20-18(21-17)14-10-5-7-12-6-1-2-8-13(12)14;19-18-20-16(13-7-2-1-3-8-13)15-11-10-12-6-4-5-9-14(12)17(15)21-18;15-13-11-8-4-5-9-12(11)16-14(17-13)10-6-2-1-3-7-10/h2*1-13H;2*1-11H;1-9H. The fraction of sp³-hybridized carbons (Fsp3) is 0. The van der Waals surface area contributed by atoms with Crippen molar-refractivity contribution in [2.45, 2.75) is 0 Å². The van der Waals surface area contributed by atoms with Crippen LogP contribution in [0, 0.1) is 0 Å². The Bertz CT molecular complexity index is 7030. The summed E-state index contributed by atoms with van der Waals surface area (Å²) in [5.74, 6) is 1.32. The third-order valence-electron chi connectivity index (χ3n) is 19.0. The zero-order chi connectivity index (χ0) is 73.7. The maximum absolute atomic E-state index is 6.31. The molecule has 518 valence electrons. The molecule has 0 atom stereocenters. The van der Waals surface area contributed by atoms with Crippen LogP contribution in [0.2, 0.25) is 26.2 Å². The second-order valence-electron chi connectivity index (χ2n) is 25.7. The Balaban J connectivity index is 0.000000100. The first kappa shape index (κ1) is 69.3. The van der Waals surface area contributed by atoms with E-state index in [1.54, 1.807) is 0 Å². The van der Waals surface area contributed by atoms with E-state index in [1.165, 1.54) is 32.3 Å². The predicted octanol–water partition coefficient (Wildman–Crippen LogP) is 26.7. The average molecular weight is 1500 g/mol. The van der Waals surface area contributed by atoms with Crippen LogP contribution in [-0.2, 0) is 0 Å². The van der Waals surface area contributed by atoms with E-state index < -0.39 is 0 Å². The Morgan fingerprint density at radius 3 is 1.10 bits per heavy atom. The van der Waals surface area contributed by atoms with E-state index >= 15 is 0 Å². The van der Waals surface area contributed by atoms with Crippen LogP contribution in [-0.4, -0.2) is 49.8 Å². The number of halogens is 5. The summed E-state index contributed by atoms with van der Waals surface area (Å²) in [6.07, 6.45) is 0. The molecule has 0 spiro atoms. The number of rotatable bonds is 5. The molecule has 5 aromatic heterocycles. The monoisotopic (exact) mass is 1500 g/mol. The minimum Gasteiger partial charge on any atom is -0.228 e. The summed E-state index contributed by atoms with van der Waals surface area (Å²) >= 11 is 31.1. The lowest BCUT2D eigenvalue weighted by Crippen LogP contribution is -1.92. The highest BCUT2D eigenvalue weighted by atomic mass is 35.5. The van der Waals surface area contributed by atoms with Crippen molar-refractivity contribution >= 4 is 177 Å². The van der Waals surface area contributed by atoms with Crippen LogP contribution in [0.4, 0.5) is 0 Å². The predicted molar refractivity (Wildman–Crippen MR) is 455 cm³/mol. The van der Waals surface area contributed by atoms with Gasteiger partial charge in [0.25, 0.3) is 0 Å². The first-order chi connectivity index (χ1) is 53.6. The maximum Gasteiger partial charge on any atom is 0.223 e. The summed E-state index contributed by atoms with van der Waals surface area (Å²) in [4.78, 5) is 44.9. The Morgan fingerprint density at radius 1 is 0.183 bits per heavy atom. The molecule has 0 unspecified atom stereocenters. The van der Waals surface area contributed by atoms with Gasteiger partial charge in [-0.2, -0.15) is 0 Å². The number of nitrogens with zero attached hydrogens (tertiary/aromatic N) is 10. The lowest BCUT2D eigenvalue weighted by Gasteiger charge is -2.10. The molecule has 21 rings (SSSR count). The normalized spacial score (nSPS) is 11.2. The molecule has 10 nitrogen and oxygen atoms in total. The third-order valence-corrected chi connectivity index (χ3v) is 20.0. The molecular weight excluding hydrogens is 1450 g/mol. The smallest absolute Gasteiger partial charge is 0.223 e. The van der Waals surface area contributed by atoms with Gasteiger partial charge in [-0.15, -0.1) is 0 Å². The zero-order valence-electron chi connectivity index (χ0n) is 57.8. The summed E-state index contributed by atoms with van der Waals surface area (Å²) in [6.45, 7) is 0. The molecule has 15 heteroatoms. The van der Waals surface area contributed by atoms with Gasteiger partial charge in [0.1, 0.15) is 10.3 Å². The topological polar surface area (TPSA) is 129 Å². The molecule has 21 aromatic rings. The second kappa shape index (κ2) is 31.0. The summed E-state index contributed by atoms with van der Waals surface area (Å²) < 4.78 is 0. The van der Waals surface area contributed by atoms with E-state index in [-0.39, 0.29) is 15.9 Å². The van der Waals surface area contributed by atoms with E-state index in [2.05, 4.69) is 195 Å². The van der Waals surface area contributed by atoms with Crippen LogP contribution in [0.3, 0.4) is 0 Å². The quantitative estimate of drug-likeness (QED) is 0.0933. The molecule has 0 N–H and O–H groups in total. The van der Waals surface area contributed by atoms with Gasteiger partial charge in [-0.05, 0) is 143 Å². The van der Waals surface area contributed by atoms with Gasteiger partial charge in [0.05, 0.1) is 44.7 Å². The number of aromatic nitrogens is 10. The third kappa shape index (κ3) is 14.6. The van der Waals surface area contributed by atoms with Crippen molar-refractivity contribution in [3.63, 3.8) is 0 Å². The number of hydrogen-bond donors (Lipinski definition) is 0. The fourth-order valence-corrected chi connectivity index (χ4v) is 14.8. The van der Waals surface area contributed by atoms with Gasteiger partial charge < -0.3 is 0 Å². The van der Waals surface area contributed by atoms with Gasteiger partial charge in [-0.25, -0.2) is 49.8 Å². The molecule has 109 heavy (non-hydrogen) atoms. The molecule has 0 saturated heterocycles. The summed E-state index contributed by atoms with van der Waals surface area (Å²) in [5.41, 5.74) is 12.1. The fourth-order valence-electron chi connectivity index (χ4n) is 13.8. The van der Waals surface area contributed by atoms with E-state index in [0.717, 1.165) is 132 Å². The van der Waals surface area contributed by atoms with Crippen molar-refractivity contribution in [1.82, 2.24) is 49.8 Å². The molecule has 5 heterocycles. The Hall–Kier alpha value is -12.8. The Labute approximate surface area is 650 Å². The van der Waals surface area contributed by atoms with Gasteiger partial charge in [0.15, 0.2) is 11.6 Å². The second-order valence-corrected chi connectivity index (χ2v) is 27.4. The van der Waals surface area contributed by atoms with E-state index in [4.69, 9.17) is 58.0 Å². The largest absolute Gasteiger partial charge is 0.228 e. The van der Waals surface area contributed by atoms with Crippen LogP contribution in [0.1, 0.15) is 0 Å². The van der Waals surface area contributed by atoms with Gasteiger partial charge >= 0.3 is 0 Å².